The van der Waals surface area contributed by atoms with Gasteiger partial charge in [0.15, 0.2) is 5.43 Å². The minimum atomic E-state index is -0.0867. The van der Waals surface area contributed by atoms with Crippen LogP contribution >= 0.6 is 0 Å². The van der Waals surface area contributed by atoms with Crippen molar-refractivity contribution in [2.75, 3.05) is 0 Å². The molecule has 1 aromatic heterocycles. The number of rotatable bonds is 1. The van der Waals surface area contributed by atoms with Crippen LogP contribution in [-0.4, -0.2) is 5.11 Å². The van der Waals surface area contributed by atoms with E-state index < -0.39 is 0 Å². The summed E-state index contributed by atoms with van der Waals surface area (Å²) in [5, 5.41) is 12.1. The third-order valence-corrected chi connectivity index (χ3v) is 3.75. The highest BCUT2D eigenvalue weighted by atomic mass is 16.3. The molecule has 3 heteroatoms. The lowest BCUT2D eigenvalue weighted by Gasteiger charge is -2.06. The predicted octanol–water partition coefficient (Wildman–Crippen LogP) is 4.32. The average molecular weight is 288 g/mol. The van der Waals surface area contributed by atoms with Gasteiger partial charge in [0.25, 0.3) is 0 Å². The lowest BCUT2D eigenvalue weighted by Crippen LogP contribution is -2.01. The molecule has 1 heterocycles. The summed E-state index contributed by atoms with van der Waals surface area (Å²) in [6, 6.07) is 19.6. The molecule has 22 heavy (non-hydrogen) atoms. The summed E-state index contributed by atoms with van der Waals surface area (Å²) in [6.45, 7) is 0. The van der Waals surface area contributed by atoms with Gasteiger partial charge in [-0.3, -0.25) is 4.79 Å². The first kappa shape index (κ1) is 12.7. The van der Waals surface area contributed by atoms with E-state index in [9.17, 15) is 9.90 Å². The number of phenols is 1. The number of aromatic hydroxyl groups is 1. The van der Waals surface area contributed by atoms with E-state index >= 15 is 0 Å². The third kappa shape index (κ3) is 1.95. The van der Waals surface area contributed by atoms with E-state index in [1.165, 1.54) is 6.07 Å². The zero-order valence-electron chi connectivity index (χ0n) is 11.6. The van der Waals surface area contributed by atoms with Crippen molar-refractivity contribution in [3.63, 3.8) is 0 Å². The molecule has 0 atom stereocenters. The van der Waals surface area contributed by atoms with Crippen molar-refractivity contribution in [2.45, 2.75) is 0 Å². The molecular formula is C19H12O3. The van der Waals surface area contributed by atoms with Gasteiger partial charge >= 0.3 is 0 Å². The molecule has 0 saturated carbocycles. The first-order valence-corrected chi connectivity index (χ1v) is 6.97. The van der Waals surface area contributed by atoms with Crippen molar-refractivity contribution in [3.8, 4) is 17.1 Å². The van der Waals surface area contributed by atoms with Crippen LogP contribution in [0.15, 0.2) is 75.9 Å². The number of hydrogen-bond acceptors (Lipinski definition) is 3. The molecule has 0 saturated heterocycles. The fourth-order valence-corrected chi connectivity index (χ4v) is 2.73. The summed E-state index contributed by atoms with van der Waals surface area (Å²) in [4.78, 5) is 12.5. The molecule has 0 spiro atoms. The molecule has 0 aliphatic carbocycles. The van der Waals surface area contributed by atoms with E-state index in [2.05, 4.69) is 0 Å². The van der Waals surface area contributed by atoms with Crippen molar-refractivity contribution >= 4 is 21.7 Å². The maximum Gasteiger partial charge on any atom is 0.193 e. The molecule has 0 aliphatic heterocycles. The topological polar surface area (TPSA) is 50.4 Å². The van der Waals surface area contributed by atoms with Gasteiger partial charge in [0.1, 0.15) is 17.1 Å². The molecule has 3 nitrogen and oxygen atoms in total. The predicted molar refractivity (Wildman–Crippen MR) is 87.1 cm³/mol. The van der Waals surface area contributed by atoms with E-state index in [-0.39, 0.29) is 11.2 Å². The van der Waals surface area contributed by atoms with E-state index in [1.54, 1.807) is 24.3 Å². The Kier molecular flexibility index (Phi) is 2.73. The molecule has 0 bridgehead atoms. The quantitative estimate of drug-likeness (QED) is 0.531. The fraction of sp³-hybridized carbons (Fsp3) is 0. The van der Waals surface area contributed by atoms with Gasteiger partial charge in [0.05, 0.1) is 5.39 Å². The van der Waals surface area contributed by atoms with Gasteiger partial charge in [-0.05, 0) is 29.0 Å². The second-order valence-electron chi connectivity index (χ2n) is 5.19. The zero-order valence-corrected chi connectivity index (χ0v) is 11.6. The Balaban J connectivity index is 2.06. The lowest BCUT2D eigenvalue weighted by atomic mass is 10.0. The number of phenolic OH excluding ortho intramolecular Hbond substituents is 1. The fourth-order valence-electron chi connectivity index (χ4n) is 2.73. The minimum Gasteiger partial charge on any atom is -0.508 e. The zero-order chi connectivity index (χ0) is 15.1. The average Bonchev–Trinajstić information content (AvgIpc) is 2.54. The Morgan fingerprint density at radius 2 is 1.73 bits per heavy atom. The van der Waals surface area contributed by atoms with Crippen LogP contribution in [0.2, 0.25) is 0 Å². The molecule has 106 valence electrons. The van der Waals surface area contributed by atoms with Crippen molar-refractivity contribution in [1.29, 1.82) is 0 Å². The Hall–Kier alpha value is -3.07. The van der Waals surface area contributed by atoms with Crippen LogP contribution in [0, 0.1) is 0 Å². The van der Waals surface area contributed by atoms with Crippen molar-refractivity contribution < 1.29 is 9.52 Å². The maximum atomic E-state index is 12.5. The smallest absolute Gasteiger partial charge is 0.193 e. The third-order valence-electron chi connectivity index (χ3n) is 3.75. The van der Waals surface area contributed by atoms with Crippen LogP contribution in [0.1, 0.15) is 0 Å². The Labute approximate surface area is 126 Å². The Morgan fingerprint density at radius 3 is 2.59 bits per heavy atom. The lowest BCUT2D eigenvalue weighted by molar-refractivity contribution is 0.475. The van der Waals surface area contributed by atoms with Gasteiger partial charge in [0.2, 0.25) is 0 Å². The first-order valence-electron chi connectivity index (χ1n) is 6.97. The van der Waals surface area contributed by atoms with Crippen LogP contribution in [0.3, 0.4) is 0 Å². The van der Waals surface area contributed by atoms with Crippen LogP contribution in [-0.2, 0) is 0 Å². The second kappa shape index (κ2) is 4.74. The molecule has 4 aromatic rings. The normalized spacial score (nSPS) is 11.1. The Bertz CT molecular complexity index is 1060. The molecule has 0 radical (unpaired) electrons. The molecule has 3 aromatic carbocycles. The van der Waals surface area contributed by atoms with Crippen LogP contribution < -0.4 is 5.43 Å². The van der Waals surface area contributed by atoms with Crippen molar-refractivity contribution in [1.82, 2.24) is 0 Å². The SMILES string of the molecule is O=c1cc(-c2cccc(O)c2)oc2ccc3ccccc3c12. The van der Waals surface area contributed by atoms with Crippen LogP contribution in [0.25, 0.3) is 33.1 Å². The number of fused-ring (bicyclic) bond motifs is 3. The standard InChI is InChI=1S/C19H12O3/c20-14-6-3-5-13(10-14)18-11-16(21)19-15-7-2-1-4-12(15)8-9-17(19)22-18/h1-11,20H. The second-order valence-corrected chi connectivity index (χ2v) is 5.19. The van der Waals surface area contributed by atoms with Gasteiger partial charge in [-0.1, -0.05) is 42.5 Å². The van der Waals surface area contributed by atoms with Crippen LogP contribution in [0.5, 0.6) is 5.75 Å². The molecule has 1 N–H and O–H groups in total. The molecule has 0 aliphatic rings. The van der Waals surface area contributed by atoms with Crippen molar-refractivity contribution in [3.05, 3.63) is 77.0 Å². The van der Waals surface area contributed by atoms with Gasteiger partial charge in [0, 0.05) is 11.6 Å². The minimum absolute atomic E-state index is 0.0867. The summed E-state index contributed by atoms with van der Waals surface area (Å²) in [5.41, 5.74) is 1.13. The molecule has 0 fully saturated rings. The Morgan fingerprint density at radius 1 is 0.864 bits per heavy atom. The molecule has 0 amide bonds. The summed E-state index contributed by atoms with van der Waals surface area (Å²) >= 11 is 0. The van der Waals surface area contributed by atoms with E-state index in [0.717, 1.165) is 10.8 Å². The molecular weight excluding hydrogens is 276 g/mol. The molecule has 0 unspecified atom stereocenters. The van der Waals surface area contributed by atoms with Gasteiger partial charge in [-0.15, -0.1) is 0 Å². The highest BCUT2D eigenvalue weighted by Crippen LogP contribution is 2.28. The monoisotopic (exact) mass is 288 g/mol. The van der Waals surface area contributed by atoms with Gasteiger partial charge in [-0.2, -0.15) is 0 Å². The molecule has 4 rings (SSSR count). The largest absolute Gasteiger partial charge is 0.508 e. The maximum absolute atomic E-state index is 12.5. The highest BCUT2D eigenvalue weighted by molar-refractivity contribution is 6.05. The summed E-state index contributed by atoms with van der Waals surface area (Å²) in [7, 11) is 0. The number of hydrogen-bond donors (Lipinski definition) is 1. The summed E-state index contributed by atoms with van der Waals surface area (Å²) < 4.78 is 5.88. The first-order chi connectivity index (χ1) is 10.7. The van der Waals surface area contributed by atoms with Crippen molar-refractivity contribution in [2.24, 2.45) is 0 Å². The van der Waals surface area contributed by atoms with E-state index in [1.807, 2.05) is 36.4 Å². The van der Waals surface area contributed by atoms with Crippen LogP contribution in [0.4, 0.5) is 0 Å². The summed E-state index contributed by atoms with van der Waals surface area (Å²) in [6.07, 6.45) is 0. The number of benzene rings is 3. The van der Waals surface area contributed by atoms with E-state index in [4.69, 9.17) is 4.42 Å². The highest BCUT2D eigenvalue weighted by Gasteiger charge is 2.10. The van der Waals surface area contributed by atoms with Gasteiger partial charge in [-0.25, -0.2) is 0 Å². The summed E-state index contributed by atoms with van der Waals surface area (Å²) in [5.74, 6) is 0.586. The van der Waals surface area contributed by atoms with E-state index in [0.29, 0.717) is 22.3 Å². The van der Waals surface area contributed by atoms with Gasteiger partial charge < -0.3 is 9.52 Å².